The van der Waals surface area contributed by atoms with E-state index < -0.39 is 39.3 Å². The molecule has 4 aliphatic heterocycles. The molecule has 5 atom stereocenters. The molecule has 4 amide bonds. The molecule has 0 bridgehead atoms. The largest absolute Gasteiger partial charge is 0.493 e. The van der Waals surface area contributed by atoms with Gasteiger partial charge >= 0.3 is 0 Å². The van der Waals surface area contributed by atoms with E-state index in [1.165, 1.54) is 12.7 Å². The third kappa shape index (κ3) is 12.7. The molecule has 0 saturated heterocycles. The van der Waals surface area contributed by atoms with Gasteiger partial charge in [-0.2, -0.15) is 8.42 Å². The molecule has 0 aliphatic carbocycles. The van der Waals surface area contributed by atoms with Crippen LogP contribution in [-0.4, -0.2) is 91.0 Å². The summed E-state index contributed by atoms with van der Waals surface area (Å²) in [5.41, 5.74) is 9.04. The minimum atomic E-state index is -4.11. The van der Waals surface area contributed by atoms with Crippen LogP contribution in [0.1, 0.15) is 137 Å². The topological polar surface area (TPSA) is 204 Å². The summed E-state index contributed by atoms with van der Waals surface area (Å²) in [6.45, 7) is 7.66. The lowest BCUT2D eigenvalue weighted by atomic mass is 9.91. The number of nitrogens with zero attached hydrogens (tertiary/aromatic N) is 2. The van der Waals surface area contributed by atoms with E-state index in [1.54, 1.807) is 56.0 Å². The van der Waals surface area contributed by atoms with E-state index in [-0.39, 0.29) is 74.4 Å². The first kappa shape index (κ1) is 56.4. The molecule has 5 aromatic carbocycles. The molecule has 0 spiro atoms. The fourth-order valence-corrected chi connectivity index (χ4v) is 12.7. The number of nitrogens with one attached hydrogen (secondary N) is 2. The summed E-state index contributed by atoms with van der Waals surface area (Å²) in [4.78, 5) is 83.8. The Labute approximate surface area is 462 Å². The first-order valence-corrected chi connectivity index (χ1v) is 28.8. The van der Waals surface area contributed by atoms with Gasteiger partial charge in [0.25, 0.3) is 21.9 Å². The van der Waals surface area contributed by atoms with Crippen LogP contribution in [0.4, 0.5) is 5.69 Å². The molecule has 16 nitrogen and oxygen atoms in total. The number of carbonyl (C=O) groups excluding carboxylic acids is 6. The number of carbonyl (C=O) groups is 6. The predicted octanol–water partition coefficient (Wildman–Crippen LogP) is 8.72. The van der Waals surface area contributed by atoms with Gasteiger partial charge in [0.05, 0.1) is 26.3 Å². The number of ketones is 2. The highest BCUT2D eigenvalue weighted by Crippen LogP contribution is 2.39. The number of hydrogen-bond acceptors (Lipinski definition) is 12. The smallest absolute Gasteiger partial charge is 0.272 e. The zero-order chi connectivity index (χ0) is 56.1. The van der Waals surface area contributed by atoms with Crippen molar-refractivity contribution >= 4 is 51.0 Å². The summed E-state index contributed by atoms with van der Waals surface area (Å²) in [7, 11) is -1.44. The Hall–Kier alpha value is -7.37. The number of aryl methyl sites for hydroxylation is 2. The van der Waals surface area contributed by atoms with Gasteiger partial charge in [0.2, 0.25) is 11.8 Å². The number of unbranched alkanes of at least 4 members (excludes halogenated alkanes) is 1. The van der Waals surface area contributed by atoms with Crippen molar-refractivity contribution in [1.29, 1.82) is 0 Å². The second-order valence-electron chi connectivity index (χ2n) is 21.5. The monoisotopic (exact) mass is 1090 g/mol. The van der Waals surface area contributed by atoms with Crippen LogP contribution in [0.2, 0.25) is 0 Å². The molecule has 2 N–H and O–H groups in total. The molecular formula is C62H70N4O12S. The summed E-state index contributed by atoms with van der Waals surface area (Å²) in [6.07, 6.45) is 4.63. The fourth-order valence-electron chi connectivity index (χ4n) is 11.5. The van der Waals surface area contributed by atoms with Gasteiger partial charge in [-0.05, 0) is 151 Å². The van der Waals surface area contributed by atoms with Gasteiger partial charge in [-0.15, -0.1) is 0 Å². The van der Waals surface area contributed by atoms with Crippen LogP contribution in [-0.2, 0) is 85.5 Å². The molecule has 4 heterocycles. The Morgan fingerprint density at radius 1 is 0.696 bits per heavy atom. The number of ether oxygens (including phenoxy) is 3. The second-order valence-corrected chi connectivity index (χ2v) is 23.4. The van der Waals surface area contributed by atoms with Gasteiger partial charge in [-0.3, -0.25) is 33.0 Å². The SMILES string of the molecule is CCC(=O)CCCCC(=O)N[C@@H](C)C(=O)C[C@@H](C)C(=O)Nc1cc(COc2cc3c(cc2C)C(=O)N2Cc4ccccc4C[C@H]2C(S(=O)(=O)OC)C3)cc(COc2cc3c(cc2OC)C(=O)N2Cc4ccccc4C[C@H]2CC3)c1. The average Bonchev–Trinajstić information content (AvgIpc) is 3.98. The van der Waals surface area contributed by atoms with Crippen LogP contribution in [0.3, 0.4) is 0 Å². The van der Waals surface area contributed by atoms with Crippen LogP contribution >= 0.6 is 0 Å². The third-order valence-electron chi connectivity index (χ3n) is 16.0. The maximum atomic E-state index is 14.4. The standard InChI is InChI=1S/C62H70N4O12S/c1-7-50(67)18-12-13-19-59(69)63-39(4)54(68)23-38(3)60(70)64-48-25-40(24-41(26-48)36-78-57-29-44-20-21-49-27-42-14-8-10-16-45(42)33-65(49)61(71)52(44)32-56(57)75-5)35-77-55-30-47-31-58(79(73,74)76-6)53-28-43-15-9-11-17-46(43)34-66(53)62(72)51(47)22-37(55)2/h8-11,14-17,22,24-26,29-30,32,38-39,49,53,58H,7,12-13,18-21,23,27-28,31,33-36H2,1-6H3,(H,63,69)(H,64,70)/t38-,39+,49-,53+,58?/m1/s1. The quantitative estimate of drug-likeness (QED) is 0.0523. The summed E-state index contributed by atoms with van der Waals surface area (Å²) >= 11 is 0. The number of anilines is 1. The second kappa shape index (κ2) is 24.3. The molecule has 5 aromatic rings. The summed E-state index contributed by atoms with van der Waals surface area (Å²) in [5, 5.41) is 4.67. The highest BCUT2D eigenvalue weighted by molar-refractivity contribution is 7.87. The van der Waals surface area contributed by atoms with Crippen molar-refractivity contribution in [3.63, 3.8) is 0 Å². The maximum Gasteiger partial charge on any atom is 0.272 e. The number of hydrogen-bond donors (Lipinski definition) is 2. The molecule has 4 aliphatic rings. The van der Waals surface area contributed by atoms with Crippen LogP contribution in [0.15, 0.2) is 91.0 Å². The number of amides is 4. The Balaban J connectivity index is 0.948. The van der Waals surface area contributed by atoms with Gasteiger partial charge in [0.15, 0.2) is 17.3 Å². The highest BCUT2D eigenvalue weighted by atomic mass is 32.2. The molecule has 0 saturated carbocycles. The molecule has 1 unspecified atom stereocenters. The van der Waals surface area contributed by atoms with Gasteiger partial charge < -0.3 is 34.6 Å². The Bertz CT molecular complexity index is 3300. The molecular weight excluding hydrogens is 1020 g/mol. The lowest BCUT2D eigenvalue weighted by Gasteiger charge is -2.38. The first-order chi connectivity index (χ1) is 37.9. The number of Topliss-reactive ketones (excluding diaryl/α,β-unsaturated/α-hetero) is 2. The molecule has 0 fully saturated rings. The van der Waals surface area contributed by atoms with E-state index in [4.69, 9.17) is 18.4 Å². The normalized spacial score (nSPS) is 18.2. The molecule has 0 aromatic heterocycles. The lowest BCUT2D eigenvalue weighted by Crippen LogP contribution is -2.52. The number of benzene rings is 5. The average molecular weight is 1100 g/mol. The van der Waals surface area contributed by atoms with E-state index in [2.05, 4.69) is 22.8 Å². The van der Waals surface area contributed by atoms with Crippen molar-refractivity contribution in [2.75, 3.05) is 19.5 Å². The van der Waals surface area contributed by atoms with E-state index in [1.807, 2.05) is 60.4 Å². The summed E-state index contributed by atoms with van der Waals surface area (Å²) in [6, 6.07) is 27.1. The van der Waals surface area contributed by atoms with Crippen molar-refractivity contribution in [3.8, 4) is 17.2 Å². The predicted molar refractivity (Wildman–Crippen MR) is 297 cm³/mol. The van der Waals surface area contributed by atoms with Crippen molar-refractivity contribution in [2.24, 2.45) is 5.92 Å². The molecule has 416 valence electrons. The Morgan fingerprint density at radius 2 is 1.30 bits per heavy atom. The van der Waals surface area contributed by atoms with Crippen LogP contribution in [0.25, 0.3) is 0 Å². The van der Waals surface area contributed by atoms with Gasteiger partial charge in [-0.1, -0.05) is 62.4 Å². The Kier molecular flexibility index (Phi) is 17.4. The molecule has 9 rings (SSSR count). The number of fused-ring (bicyclic) bond motifs is 6. The van der Waals surface area contributed by atoms with Gasteiger partial charge in [0.1, 0.15) is 30.0 Å². The fraction of sp³-hybridized carbons (Fsp3) is 0.419. The summed E-state index contributed by atoms with van der Waals surface area (Å²) < 4.78 is 51.4. The van der Waals surface area contributed by atoms with E-state index in [9.17, 15) is 37.2 Å². The number of rotatable bonds is 21. The zero-order valence-corrected chi connectivity index (χ0v) is 46.7. The van der Waals surface area contributed by atoms with Crippen LogP contribution in [0, 0.1) is 12.8 Å². The van der Waals surface area contributed by atoms with Crippen molar-refractivity contribution in [1.82, 2.24) is 15.1 Å². The molecule has 0 radical (unpaired) electrons. The highest BCUT2D eigenvalue weighted by Gasteiger charge is 2.45. The van der Waals surface area contributed by atoms with Crippen LogP contribution < -0.4 is 24.8 Å². The first-order valence-electron chi connectivity index (χ1n) is 27.4. The van der Waals surface area contributed by atoms with E-state index in [0.717, 1.165) is 42.2 Å². The van der Waals surface area contributed by atoms with Gasteiger partial charge in [0, 0.05) is 67.5 Å². The van der Waals surface area contributed by atoms with Crippen LogP contribution in [0.5, 0.6) is 17.2 Å². The number of methoxy groups -OCH3 is 1. The minimum absolute atomic E-state index is 0.0138. The van der Waals surface area contributed by atoms with E-state index >= 15 is 0 Å². The van der Waals surface area contributed by atoms with Crippen molar-refractivity contribution < 1.29 is 55.6 Å². The minimum Gasteiger partial charge on any atom is -0.493 e. The Morgan fingerprint density at radius 3 is 1.97 bits per heavy atom. The summed E-state index contributed by atoms with van der Waals surface area (Å²) in [5.74, 6) is -0.737. The van der Waals surface area contributed by atoms with Crippen molar-refractivity contribution in [3.05, 3.63) is 152 Å². The molecule has 79 heavy (non-hydrogen) atoms. The third-order valence-corrected chi connectivity index (χ3v) is 17.7. The van der Waals surface area contributed by atoms with Crippen molar-refractivity contribution in [2.45, 2.75) is 148 Å². The van der Waals surface area contributed by atoms with Gasteiger partial charge in [-0.25, -0.2) is 0 Å². The zero-order valence-electron chi connectivity index (χ0n) is 45.9. The lowest BCUT2D eigenvalue weighted by molar-refractivity contribution is -0.129. The van der Waals surface area contributed by atoms with E-state index in [0.29, 0.717) is 101 Å². The maximum absolute atomic E-state index is 14.4. The molecule has 17 heteroatoms.